The summed E-state index contributed by atoms with van der Waals surface area (Å²) >= 11 is 0. The first-order valence-corrected chi connectivity index (χ1v) is 7.90. The topological polar surface area (TPSA) is 24.5 Å². The monoisotopic (exact) mass is 252 g/mol. The van der Waals surface area contributed by atoms with Gasteiger partial charge in [-0.15, -0.1) is 0 Å². The number of nitrogens with one attached hydrogen (secondary N) is 1. The Morgan fingerprint density at radius 2 is 2.00 bits per heavy atom. The normalized spacial score (nSPS) is 43.8. The molecule has 18 heavy (non-hydrogen) atoms. The molecule has 4 aliphatic heterocycles. The lowest BCUT2D eigenvalue weighted by Gasteiger charge is -2.59. The molecule has 0 aromatic rings. The van der Waals surface area contributed by atoms with Gasteiger partial charge in [0.2, 0.25) is 0 Å². The zero-order chi connectivity index (χ0) is 12.6. The van der Waals surface area contributed by atoms with E-state index in [2.05, 4.69) is 24.1 Å². The molecule has 0 aromatic heterocycles. The average molecular weight is 252 g/mol. The maximum absolute atomic E-state index is 6.43. The van der Waals surface area contributed by atoms with Crippen molar-refractivity contribution in [2.75, 3.05) is 32.8 Å². The average Bonchev–Trinajstić information content (AvgIpc) is 2.43. The van der Waals surface area contributed by atoms with Crippen molar-refractivity contribution < 1.29 is 4.74 Å². The predicted molar refractivity (Wildman–Crippen MR) is 73.7 cm³/mol. The summed E-state index contributed by atoms with van der Waals surface area (Å²) < 4.78 is 6.43. The lowest BCUT2D eigenvalue weighted by atomic mass is 9.66. The minimum absolute atomic E-state index is 0.130. The van der Waals surface area contributed by atoms with Gasteiger partial charge in [0.25, 0.3) is 0 Å². The lowest BCUT2D eigenvalue weighted by Crippen LogP contribution is -2.72. The van der Waals surface area contributed by atoms with Crippen molar-refractivity contribution in [3.63, 3.8) is 0 Å². The second-order valence-corrected chi connectivity index (χ2v) is 6.36. The third kappa shape index (κ3) is 1.91. The van der Waals surface area contributed by atoms with Crippen LogP contribution in [0.25, 0.3) is 0 Å². The summed E-state index contributed by atoms with van der Waals surface area (Å²) in [6.07, 6.45) is 5.23. The van der Waals surface area contributed by atoms with E-state index >= 15 is 0 Å². The highest BCUT2D eigenvalue weighted by Gasteiger charge is 2.54. The third-order valence-corrected chi connectivity index (χ3v) is 5.63. The van der Waals surface area contributed by atoms with E-state index in [1.807, 2.05) is 0 Å². The summed E-state index contributed by atoms with van der Waals surface area (Å²) in [5, 5.41) is 3.81. The Hall–Kier alpha value is -0.120. The summed E-state index contributed by atoms with van der Waals surface area (Å²) in [5.74, 6) is 1.56. The number of ether oxygens (including phenoxy) is 1. The predicted octanol–water partition coefficient (Wildman–Crippen LogP) is 1.88. The molecule has 2 bridgehead atoms. The largest absolute Gasteiger partial charge is 0.370 e. The lowest BCUT2D eigenvalue weighted by molar-refractivity contribution is -0.196. The van der Waals surface area contributed by atoms with Crippen LogP contribution in [0.2, 0.25) is 0 Å². The molecule has 0 aliphatic carbocycles. The second kappa shape index (κ2) is 5.10. The minimum atomic E-state index is 0.130. The SMILES string of the molecule is CCC(CC)C1NCCOC12CN1CCC2CC1. The van der Waals surface area contributed by atoms with Crippen LogP contribution in [0.1, 0.15) is 39.5 Å². The molecule has 1 N–H and O–H groups in total. The van der Waals surface area contributed by atoms with Gasteiger partial charge in [-0.25, -0.2) is 0 Å². The minimum Gasteiger partial charge on any atom is -0.370 e. The maximum Gasteiger partial charge on any atom is 0.0992 e. The zero-order valence-corrected chi connectivity index (χ0v) is 12.0. The first kappa shape index (κ1) is 12.9. The van der Waals surface area contributed by atoms with Crippen molar-refractivity contribution in [1.82, 2.24) is 10.2 Å². The highest BCUT2D eigenvalue weighted by Crippen LogP contribution is 2.44. The van der Waals surface area contributed by atoms with Crippen LogP contribution in [-0.4, -0.2) is 49.3 Å². The molecule has 0 aromatic carbocycles. The molecule has 2 unspecified atom stereocenters. The van der Waals surface area contributed by atoms with E-state index in [1.165, 1.54) is 45.3 Å². The summed E-state index contributed by atoms with van der Waals surface area (Å²) in [6.45, 7) is 10.4. The molecule has 3 heteroatoms. The Balaban J connectivity index is 1.86. The summed E-state index contributed by atoms with van der Waals surface area (Å²) in [7, 11) is 0. The molecule has 0 radical (unpaired) electrons. The van der Waals surface area contributed by atoms with Crippen molar-refractivity contribution in [2.45, 2.75) is 51.2 Å². The van der Waals surface area contributed by atoms with Crippen LogP contribution in [0.15, 0.2) is 0 Å². The summed E-state index contributed by atoms with van der Waals surface area (Å²) in [5.41, 5.74) is 0.130. The van der Waals surface area contributed by atoms with Crippen molar-refractivity contribution >= 4 is 0 Å². The Kier molecular flexibility index (Phi) is 3.65. The standard InChI is InChI=1S/C15H28N2O/c1-3-12(4-2)14-15(18-10-7-16-14)11-17-8-5-13(15)6-9-17/h12-14,16H,3-11H2,1-2H3. The molecule has 4 rings (SSSR count). The molecule has 0 amide bonds. The van der Waals surface area contributed by atoms with Crippen LogP contribution in [0.4, 0.5) is 0 Å². The molecule has 3 nitrogen and oxygen atoms in total. The van der Waals surface area contributed by atoms with E-state index in [4.69, 9.17) is 4.74 Å². The fourth-order valence-electron chi connectivity index (χ4n) is 4.62. The number of nitrogens with zero attached hydrogens (tertiary/aromatic N) is 1. The van der Waals surface area contributed by atoms with Gasteiger partial charge < -0.3 is 15.0 Å². The van der Waals surface area contributed by atoms with Gasteiger partial charge in [-0.3, -0.25) is 0 Å². The van der Waals surface area contributed by atoms with Crippen LogP contribution in [0.5, 0.6) is 0 Å². The molecule has 104 valence electrons. The molecule has 4 heterocycles. The van der Waals surface area contributed by atoms with Crippen molar-refractivity contribution in [2.24, 2.45) is 11.8 Å². The van der Waals surface area contributed by atoms with Crippen LogP contribution in [0.3, 0.4) is 0 Å². The molecule has 0 saturated carbocycles. The van der Waals surface area contributed by atoms with Gasteiger partial charge in [0.1, 0.15) is 0 Å². The van der Waals surface area contributed by atoms with Gasteiger partial charge in [-0.1, -0.05) is 26.7 Å². The Morgan fingerprint density at radius 1 is 1.28 bits per heavy atom. The van der Waals surface area contributed by atoms with Crippen LogP contribution in [-0.2, 0) is 4.74 Å². The van der Waals surface area contributed by atoms with Crippen LogP contribution >= 0.6 is 0 Å². The van der Waals surface area contributed by atoms with E-state index in [9.17, 15) is 0 Å². The van der Waals surface area contributed by atoms with Gasteiger partial charge >= 0.3 is 0 Å². The Labute approximate surface area is 111 Å². The third-order valence-electron chi connectivity index (χ3n) is 5.63. The van der Waals surface area contributed by atoms with Gasteiger partial charge in [0.15, 0.2) is 0 Å². The molecule has 1 spiro atoms. The van der Waals surface area contributed by atoms with Crippen LogP contribution < -0.4 is 5.32 Å². The fourth-order valence-corrected chi connectivity index (χ4v) is 4.62. The molecular formula is C15H28N2O. The van der Waals surface area contributed by atoms with Gasteiger partial charge in [-0.2, -0.15) is 0 Å². The smallest absolute Gasteiger partial charge is 0.0992 e. The zero-order valence-electron chi connectivity index (χ0n) is 12.0. The quantitative estimate of drug-likeness (QED) is 0.830. The Bertz CT molecular complexity index is 284. The molecule has 2 atom stereocenters. The fraction of sp³-hybridized carbons (Fsp3) is 1.00. The first-order chi connectivity index (χ1) is 8.80. The van der Waals surface area contributed by atoms with Crippen molar-refractivity contribution in [3.05, 3.63) is 0 Å². The van der Waals surface area contributed by atoms with E-state index in [0.29, 0.717) is 6.04 Å². The van der Waals surface area contributed by atoms with Gasteiger partial charge in [-0.05, 0) is 37.8 Å². The van der Waals surface area contributed by atoms with E-state index in [-0.39, 0.29) is 5.60 Å². The molecule has 4 aliphatic rings. The maximum atomic E-state index is 6.43. The van der Waals surface area contributed by atoms with E-state index < -0.39 is 0 Å². The molecule has 4 saturated heterocycles. The number of rotatable bonds is 3. The molecular weight excluding hydrogens is 224 g/mol. The Morgan fingerprint density at radius 3 is 2.56 bits per heavy atom. The van der Waals surface area contributed by atoms with Gasteiger partial charge in [0, 0.05) is 19.1 Å². The second-order valence-electron chi connectivity index (χ2n) is 6.36. The number of hydrogen-bond donors (Lipinski definition) is 1. The number of morpholine rings is 1. The number of piperidine rings is 3. The highest BCUT2D eigenvalue weighted by molar-refractivity contribution is 5.09. The number of hydrogen-bond acceptors (Lipinski definition) is 3. The van der Waals surface area contributed by atoms with Gasteiger partial charge in [0.05, 0.1) is 12.2 Å². The molecule has 4 fully saturated rings. The first-order valence-electron chi connectivity index (χ1n) is 7.90. The summed E-state index contributed by atoms with van der Waals surface area (Å²) in [6, 6.07) is 0.578. The number of fused-ring (bicyclic) bond motifs is 2. The summed E-state index contributed by atoms with van der Waals surface area (Å²) in [4.78, 5) is 2.63. The van der Waals surface area contributed by atoms with E-state index in [0.717, 1.165) is 25.0 Å². The van der Waals surface area contributed by atoms with Crippen LogP contribution in [0, 0.1) is 11.8 Å². The van der Waals surface area contributed by atoms with E-state index in [1.54, 1.807) is 0 Å². The highest BCUT2D eigenvalue weighted by atomic mass is 16.5. The van der Waals surface area contributed by atoms with Crippen molar-refractivity contribution in [1.29, 1.82) is 0 Å². The van der Waals surface area contributed by atoms with Crippen molar-refractivity contribution in [3.8, 4) is 0 Å².